The Morgan fingerprint density at radius 2 is 1.48 bits per heavy atom. The monoisotopic (exact) mass is 411 g/mol. The number of nitrogens with one attached hydrogen (secondary N) is 3. The lowest BCUT2D eigenvalue weighted by molar-refractivity contribution is 0.246. The van der Waals surface area contributed by atoms with Crippen LogP contribution in [0.1, 0.15) is 11.1 Å². The van der Waals surface area contributed by atoms with E-state index in [2.05, 4.69) is 10.0 Å². The van der Waals surface area contributed by atoms with Gasteiger partial charge in [-0.2, -0.15) is 0 Å². The predicted octanol–water partition coefficient (Wildman–Crippen LogP) is 1.27. The summed E-state index contributed by atoms with van der Waals surface area (Å²) in [7, 11) is -7.70. The number of urea groups is 1. The average Bonchev–Trinajstić information content (AvgIpc) is 2.59. The van der Waals surface area contributed by atoms with Gasteiger partial charge < -0.3 is 5.32 Å². The summed E-state index contributed by atoms with van der Waals surface area (Å²) in [6.07, 6.45) is 0. The fourth-order valence-electron chi connectivity index (χ4n) is 2.23. The molecule has 2 rings (SSSR count). The van der Waals surface area contributed by atoms with Crippen molar-refractivity contribution in [2.45, 2.75) is 23.6 Å². The first-order chi connectivity index (χ1) is 12.6. The van der Waals surface area contributed by atoms with Gasteiger partial charge in [0.25, 0.3) is 10.0 Å². The molecular weight excluding hydrogens is 390 g/mol. The summed E-state index contributed by atoms with van der Waals surface area (Å²) in [6, 6.07) is 11.6. The highest BCUT2D eigenvalue weighted by atomic mass is 32.2. The second-order valence-corrected chi connectivity index (χ2v) is 9.26. The number of carbonyl (C=O) groups is 1. The Bertz CT molecular complexity index is 1020. The zero-order valence-corrected chi connectivity index (χ0v) is 16.5. The number of aryl methyl sites for hydroxylation is 2. The minimum atomic E-state index is -4.00. The van der Waals surface area contributed by atoms with Crippen LogP contribution in [0, 0.1) is 13.8 Å². The smallest absolute Gasteiger partial charge is 0.328 e. The van der Waals surface area contributed by atoms with Gasteiger partial charge in [0.2, 0.25) is 10.0 Å². The van der Waals surface area contributed by atoms with E-state index in [1.54, 1.807) is 37.3 Å². The molecule has 0 unspecified atom stereocenters. The van der Waals surface area contributed by atoms with Crippen LogP contribution in [0.2, 0.25) is 0 Å². The second-order valence-electron chi connectivity index (χ2n) is 5.84. The molecule has 2 amide bonds. The topological polar surface area (TPSA) is 121 Å². The van der Waals surface area contributed by atoms with Crippen molar-refractivity contribution < 1.29 is 21.6 Å². The number of hydrogen-bond acceptors (Lipinski definition) is 5. The first-order valence-corrected chi connectivity index (χ1v) is 11.0. The van der Waals surface area contributed by atoms with E-state index >= 15 is 0 Å². The zero-order valence-electron chi connectivity index (χ0n) is 14.9. The van der Waals surface area contributed by atoms with Gasteiger partial charge >= 0.3 is 6.03 Å². The summed E-state index contributed by atoms with van der Waals surface area (Å²) in [5.74, 6) is 0. The number of rotatable bonds is 7. The van der Waals surface area contributed by atoms with Crippen LogP contribution < -0.4 is 14.8 Å². The fourth-order valence-corrected chi connectivity index (χ4v) is 4.44. The van der Waals surface area contributed by atoms with Crippen LogP contribution in [-0.4, -0.2) is 36.0 Å². The van der Waals surface area contributed by atoms with Crippen LogP contribution in [0.4, 0.5) is 4.79 Å². The molecule has 3 N–H and O–H groups in total. The van der Waals surface area contributed by atoms with Crippen molar-refractivity contribution in [3.63, 3.8) is 0 Å². The van der Waals surface area contributed by atoms with Gasteiger partial charge in [-0.25, -0.2) is 31.1 Å². The van der Waals surface area contributed by atoms with E-state index in [4.69, 9.17) is 0 Å². The largest absolute Gasteiger partial charge is 0.336 e. The summed E-state index contributed by atoms with van der Waals surface area (Å²) in [4.78, 5) is 11.9. The highest BCUT2D eigenvalue weighted by molar-refractivity contribution is 7.90. The first kappa shape index (κ1) is 20.9. The van der Waals surface area contributed by atoms with Crippen LogP contribution >= 0.6 is 0 Å². The minimum Gasteiger partial charge on any atom is -0.336 e. The van der Waals surface area contributed by atoms with Crippen molar-refractivity contribution in [2.75, 3.05) is 13.1 Å². The third-order valence-electron chi connectivity index (χ3n) is 3.64. The Balaban J connectivity index is 1.86. The van der Waals surface area contributed by atoms with Crippen LogP contribution in [0.25, 0.3) is 0 Å². The first-order valence-electron chi connectivity index (χ1n) is 8.04. The van der Waals surface area contributed by atoms with Crippen molar-refractivity contribution in [1.29, 1.82) is 0 Å². The molecule has 146 valence electrons. The van der Waals surface area contributed by atoms with E-state index in [-0.39, 0.29) is 22.9 Å². The lowest BCUT2D eigenvalue weighted by Crippen LogP contribution is -2.42. The molecule has 0 bridgehead atoms. The lowest BCUT2D eigenvalue weighted by Gasteiger charge is -2.11. The molecule has 0 aromatic heterocycles. The van der Waals surface area contributed by atoms with E-state index in [0.717, 1.165) is 5.56 Å². The molecule has 27 heavy (non-hydrogen) atoms. The van der Waals surface area contributed by atoms with Crippen LogP contribution in [0.5, 0.6) is 0 Å². The maximum absolute atomic E-state index is 12.2. The van der Waals surface area contributed by atoms with Gasteiger partial charge in [0, 0.05) is 13.1 Å². The molecule has 0 spiro atoms. The highest BCUT2D eigenvalue weighted by Crippen LogP contribution is 2.13. The summed E-state index contributed by atoms with van der Waals surface area (Å²) < 4.78 is 52.8. The maximum atomic E-state index is 12.2. The summed E-state index contributed by atoms with van der Waals surface area (Å²) in [5.41, 5.74) is 1.44. The van der Waals surface area contributed by atoms with Crippen molar-refractivity contribution >= 4 is 26.1 Å². The van der Waals surface area contributed by atoms with Gasteiger partial charge in [0.1, 0.15) is 0 Å². The lowest BCUT2D eigenvalue weighted by atomic mass is 10.2. The third kappa shape index (κ3) is 5.78. The van der Waals surface area contributed by atoms with Crippen LogP contribution in [-0.2, 0) is 20.0 Å². The normalized spacial score (nSPS) is 11.8. The van der Waals surface area contributed by atoms with Gasteiger partial charge in [-0.15, -0.1) is 0 Å². The number of carbonyl (C=O) groups excluding carboxylic acids is 1. The molecule has 2 aromatic rings. The molecule has 2 aromatic carbocycles. The molecule has 0 aliphatic rings. The van der Waals surface area contributed by atoms with Gasteiger partial charge in [-0.05, 0) is 37.6 Å². The molecule has 0 heterocycles. The van der Waals surface area contributed by atoms with E-state index in [0.29, 0.717) is 5.56 Å². The molecule has 0 aliphatic carbocycles. The Morgan fingerprint density at radius 1 is 0.852 bits per heavy atom. The Labute approximate surface area is 159 Å². The third-order valence-corrected chi connectivity index (χ3v) is 6.61. The molecular formula is C17H21N3O5S2. The van der Waals surface area contributed by atoms with E-state index in [1.807, 2.05) is 11.6 Å². The van der Waals surface area contributed by atoms with E-state index in [9.17, 15) is 21.6 Å². The summed E-state index contributed by atoms with van der Waals surface area (Å²) >= 11 is 0. The minimum absolute atomic E-state index is 0.000207. The quantitative estimate of drug-likeness (QED) is 0.593. The van der Waals surface area contributed by atoms with Crippen molar-refractivity contribution in [3.05, 3.63) is 59.7 Å². The SMILES string of the molecule is Cc1ccc(S(=O)(=O)NCCNC(=O)NS(=O)(=O)c2ccccc2C)cc1. The molecule has 0 saturated carbocycles. The zero-order chi connectivity index (χ0) is 20.1. The molecule has 0 fully saturated rings. The van der Waals surface area contributed by atoms with Crippen molar-refractivity contribution in [3.8, 4) is 0 Å². The Morgan fingerprint density at radius 3 is 2.11 bits per heavy atom. The van der Waals surface area contributed by atoms with Crippen molar-refractivity contribution in [2.24, 2.45) is 0 Å². The Kier molecular flexibility index (Phi) is 6.58. The summed E-state index contributed by atoms with van der Waals surface area (Å²) in [6.45, 7) is 3.29. The Hall–Kier alpha value is -2.43. The van der Waals surface area contributed by atoms with E-state index in [1.165, 1.54) is 18.2 Å². The van der Waals surface area contributed by atoms with Gasteiger partial charge in [-0.1, -0.05) is 35.9 Å². The number of sulfonamides is 2. The fraction of sp³-hybridized carbons (Fsp3) is 0.235. The van der Waals surface area contributed by atoms with Gasteiger partial charge in [-0.3, -0.25) is 0 Å². The maximum Gasteiger partial charge on any atom is 0.328 e. The predicted molar refractivity (Wildman–Crippen MR) is 101 cm³/mol. The molecule has 8 nitrogen and oxygen atoms in total. The summed E-state index contributed by atoms with van der Waals surface area (Å²) in [5, 5.41) is 2.31. The molecule has 0 radical (unpaired) electrons. The number of hydrogen-bond donors (Lipinski definition) is 3. The number of benzene rings is 2. The van der Waals surface area contributed by atoms with Crippen LogP contribution in [0.3, 0.4) is 0 Å². The van der Waals surface area contributed by atoms with E-state index < -0.39 is 26.1 Å². The van der Waals surface area contributed by atoms with Gasteiger partial charge in [0.05, 0.1) is 9.79 Å². The standard InChI is InChI=1S/C17H21N3O5S2/c1-13-7-9-15(10-8-13)26(22,23)19-12-11-18-17(21)20-27(24,25)16-6-4-3-5-14(16)2/h3-10,19H,11-12H2,1-2H3,(H2,18,20,21). The molecule has 0 atom stereocenters. The number of amides is 2. The van der Waals surface area contributed by atoms with Crippen molar-refractivity contribution in [1.82, 2.24) is 14.8 Å². The molecule has 10 heteroatoms. The second kappa shape index (κ2) is 8.51. The van der Waals surface area contributed by atoms with Crippen LogP contribution in [0.15, 0.2) is 58.3 Å². The molecule has 0 aliphatic heterocycles. The van der Waals surface area contributed by atoms with Gasteiger partial charge in [0.15, 0.2) is 0 Å². The highest BCUT2D eigenvalue weighted by Gasteiger charge is 2.19. The average molecular weight is 412 g/mol. The molecule has 0 saturated heterocycles.